The Labute approximate surface area is 63.7 Å². The SMILES string of the molecule is O=C(O)C1=C/COCO/C=C\1. The average molecular weight is 156 g/mol. The highest BCUT2D eigenvalue weighted by Crippen LogP contribution is 2.00. The van der Waals surface area contributed by atoms with Gasteiger partial charge in [0.2, 0.25) is 0 Å². The van der Waals surface area contributed by atoms with Crippen LogP contribution in [0.3, 0.4) is 0 Å². The quantitative estimate of drug-likeness (QED) is 0.601. The Morgan fingerprint density at radius 1 is 1.64 bits per heavy atom. The highest BCUT2D eigenvalue weighted by molar-refractivity contribution is 5.89. The fourth-order valence-corrected chi connectivity index (χ4v) is 0.632. The van der Waals surface area contributed by atoms with Gasteiger partial charge in [-0.1, -0.05) is 0 Å². The second-order valence-electron chi connectivity index (χ2n) is 1.92. The lowest BCUT2D eigenvalue weighted by Crippen LogP contribution is -2.04. The molecule has 1 heterocycles. The summed E-state index contributed by atoms with van der Waals surface area (Å²) in [7, 11) is 0. The van der Waals surface area contributed by atoms with Crippen LogP contribution in [0.15, 0.2) is 24.0 Å². The smallest absolute Gasteiger partial charge is 0.335 e. The molecule has 0 bridgehead atoms. The fraction of sp³-hybridized carbons (Fsp3) is 0.286. The third-order valence-electron chi connectivity index (χ3n) is 1.16. The molecule has 0 amide bonds. The molecule has 1 N–H and O–H groups in total. The molecular weight excluding hydrogens is 148 g/mol. The van der Waals surface area contributed by atoms with Crippen LogP contribution in [0.5, 0.6) is 0 Å². The van der Waals surface area contributed by atoms with Crippen molar-refractivity contribution in [2.24, 2.45) is 0 Å². The van der Waals surface area contributed by atoms with E-state index in [1.165, 1.54) is 18.4 Å². The van der Waals surface area contributed by atoms with E-state index in [9.17, 15) is 4.79 Å². The van der Waals surface area contributed by atoms with Gasteiger partial charge in [0.25, 0.3) is 0 Å². The Hall–Kier alpha value is -1.29. The van der Waals surface area contributed by atoms with Crippen molar-refractivity contribution in [2.75, 3.05) is 13.4 Å². The number of carbonyl (C=O) groups is 1. The Morgan fingerprint density at radius 3 is 3.18 bits per heavy atom. The number of hydrogen-bond donors (Lipinski definition) is 1. The summed E-state index contributed by atoms with van der Waals surface area (Å²) in [5, 5.41) is 8.52. The van der Waals surface area contributed by atoms with Crippen LogP contribution in [0.1, 0.15) is 0 Å². The van der Waals surface area contributed by atoms with Gasteiger partial charge in [0.1, 0.15) is 0 Å². The minimum atomic E-state index is -0.977. The molecule has 11 heavy (non-hydrogen) atoms. The van der Waals surface area contributed by atoms with E-state index in [0.717, 1.165) is 0 Å². The summed E-state index contributed by atoms with van der Waals surface area (Å²) < 4.78 is 9.59. The van der Waals surface area contributed by atoms with E-state index < -0.39 is 5.97 Å². The Bertz CT molecular complexity index is 204. The van der Waals surface area contributed by atoms with Crippen LogP contribution in [-0.2, 0) is 14.3 Å². The number of ether oxygens (including phenoxy) is 2. The third kappa shape index (κ3) is 2.43. The molecule has 0 radical (unpaired) electrons. The first-order valence-electron chi connectivity index (χ1n) is 3.10. The van der Waals surface area contributed by atoms with Gasteiger partial charge in [-0.25, -0.2) is 4.79 Å². The van der Waals surface area contributed by atoms with Crippen molar-refractivity contribution in [3.63, 3.8) is 0 Å². The first-order chi connectivity index (χ1) is 5.30. The maximum absolute atomic E-state index is 10.4. The molecule has 60 valence electrons. The Morgan fingerprint density at radius 2 is 2.45 bits per heavy atom. The van der Waals surface area contributed by atoms with E-state index in [1.807, 2.05) is 0 Å². The van der Waals surface area contributed by atoms with Gasteiger partial charge in [0.15, 0.2) is 6.79 Å². The molecule has 0 unspecified atom stereocenters. The van der Waals surface area contributed by atoms with E-state index in [-0.39, 0.29) is 19.0 Å². The van der Waals surface area contributed by atoms with E-state index in [4.69, 9.17) is 14.6 Å². The molecule has 0 atom stereocenters. The zero-order valence-corrected chi connectivity index (χ0v) is 5.82. The van der Waals surface area contributed by atoms with Crippen LogP contribution >= 0.6 is 0 Å². The van der Waals surface area contributed by atoms with E-state index in [0.29, 0.717) is 0 Å². The van der Waals surface area contributed by atoms with Gasteiger partial charge in [-0.2, -0.15) is 0 Å². The topological polar surface area (TPSA) is 55.8 Å². The predicted octanol–water partition coefficient (Wildman–Crippen LogP) is 0.515. The van der Waals surface area contributed by atoms with Gasteiger partial charge in [-0.3, -0.25) is 0 Å². The number of aliphatic carboxylic acids is 1. The first kappa shape index (κ1) is 7.81. The van der Waals surface area contributed by atoms with E-state index in [1.54, 1.807) is 0 Å². The first-order valence-corrected chi connectivity index (χ1v) is 3.10. The number of carboxylic acids is 1. The van der Waals surface area contributed by atoms with Gasteiger partial charge >= 0.3 is 5.97 Å². The lowest BCUT2D eigenvalue weighted by atomic mass is 10.2. The molecule has 0 fully saturated rings. The molecular formula is C7H8O4. The molecule has 0 aromatic carbocycles. The van der Waals surface area contributed by atoms with Crippen molar-refractivity contribution in [3.05, 3.63) is 24.0 Å². The van der Waals surface area contributed by atoms with Crippen LogP contribution < -0.4 is 0 Å². The lowest BCUT2D eigenvalue weighted by molar-refractivity contribution is -0.132. The molecule has 1 rings (SSSR count). The second-order valence-corrected chi connectivity index (χ2v) is 1.92. The predicted molar refractivity (Wildman–Crippen MR) is 36.8 cm³/mol. The summed E-state index contributed by atoms with van der Waals surface area (Å²) in [5.41, 5.74) is 0.185. The third-order valence-corrected chi connectivity index (χ3v) is 1.16. The number of hydrogen-bond acceptors (Lipinski definition) is 3. The van der Waals surface area contributed by atoms with E-state index in [2.05, 4.69) is 0 Å². The number of carboxylic acid groups (broad SMARTS) is 1. The molecule has 0 saturated heterocycles. The Balaban J connectivity index is 2.66. The molecule has 0 aromatic rings. The molecule has 1 aliphatic rings. The summed E-state index contributed by atoms with van der Waals surface area (Å²) in [6.45, 7) is 0.436. The van der Waals surface area contributed by atoms with Crippen LogP contribution in [0.2, 0.25) is 0 Å². The van der Waals surface area contributed by atoms with Gasteiger partial charge in [0, 0.05) is 0 Å². The minimum Gasteiger partial charge on any atom is -0.478 e. The van der Waals surface area contributed by atoms with Gasteiger partial charge in [-0.15, -0.1) is 0 Å². The normalized spacial score (nSPS) is 25.3. The van der Waals surface area contributed by atoms with Crippen molar-refractivity contribution >= 4 is 5.97 Å². The van der Waals surface area contributed by atoms with E-state index >= 15 is 0 Å². The molecule has 4 heteroatoms. The summed E-state index contributed by atoms with van der Waals surface area (Å²) >= 11 is 0. The van der Waals surface area contributed by atoms with Crippen molar-refractivity contribution in [2.45, 2.75) is 0 Å². The van der Waals surface area contributed by atoms with Gasteiger partial charge < -0.3 is 14.6 Å². The molecule has 1 aliphatic heterocycles. The lowest BCUT2D eigenvalue weighted by Gasteiger charge is -2.04. The monoisotopic (exact) mass is 156 g/mol. The molecule has 4 nitrogen and oxygen atoms in total. The standard InChI is InChI=1S/C7H8O4/c8-7(9)6-1-3-10-5-11-4-2-6/h1-3H,4-5H2,(H,8,9)/b3-1-,6-2+. The van der Waals surface area contributed by atoms with Crippen molar-refractivity contribution in [1.29, 1.82) is 0 Å². The fourth-order valence-electron chi connectivity index (χ4n) is 0.632. The van der Waals surface area contributed by atoms with Crippen molar-refractivity contribution in [3.8, 4) is 0 Å². The molecule has 0 saturated carbocycles. The summed E-state index contributed by atoms with van der Waals surface area (Å²) in [6.07, 6.45) is 4.19. The highest BCUT2D eigenvalue weighted by Gasteiger charge is 2.03. The Kier molecular flexibility index (Phi) is 2.68. The zero-order chi connectivity index (χ0) is 8.10. The van der Waals surface area contributed by atoms with Crippen LogP contribution in [-0.4, -0.2) is 24.5 Å². The van der Waals surface area contributed by atoms with Gasteiger partial charge in [0.05, 0.1) is 18.4 Å². The summed E-state index contributed by atoms with van der Waals surface area (Å²) in [6, 6.07) is 0. The average Bonchev–Trinajstić information content (AvgIpc) is 1.84. The van der Waals surface area contributed by atoms with Crippen LogP contribution in [0.4, 0.5) is 0 Å². The largest absolute Gasteiger partial charge is 0.478 e. The molecule has 0 spiro atoms. The van der Waals surface area contributed by atoms with Crippen molar-refractivity contribution in [1.82, 2.24) is 0 Å². The zero-order valence-electron chi connectivity index (χ0n) is 5.82. The van der Waals surface area contributed by atoms with Crippen molar-refractivity contribution < 1.29 is 19.4 Å². The molecule has 0 aliphatic carbocycles. The molecule has 0 aromatic heterocycles. The number of rotatable bonds is 1. The summed E-state index contributed by atoms with van der Waals surface area (Å²) in [4.78, 5) is 10.4. The minimum absolute atomic E-state index is 0.167. The summed E-state index contributed by atoms with van der Waals surface area (Å²) in [5.74, 6) is -0.977. The second kappa shape index (κ2) is 3.78. The van der Waals surface area contributed by atoms with Crippen LogP contribution in [0.25, 0.3) is 0 Å². The van der Waals surface area contributed by atoms with Gasteiger partial charge in [-0.05, 0) is 12.2 Å². The maximum Gasteiger partial charge on any atom is 0.335 e. The maximum atomic E-state index is 10.4. The van der Waals surface area contributed by atoms with Crippen LogP contribution in [0, 0.1) is 0 Å². The highest BCUT2D eigenvalue weighted by atomic mass is 16.7.